The quantitative estimate of drug-likeness (QED) is 0.683. The SMILES string of the molecule is C=C1CCC2C(C)(C)CCCC2(C)C1CCC(C)=CC[NH+]1CN(C)c2ncnc(N)c21. The van der Waals surface area contributed by atoms with Gasteiger partial charge in [-0.05, 0) is 74.2 Å². The van der Waals surface area contributed by atoms with Crippen LogP contribution >= 0.6 is 0 Å². The smallest absolute Gasteiger partial charge is 0.218 e. The Labute approximate surface area is 188 Å². The second-order valence-electron chi connectivity index (χ2n) is 11.4. The second kappa shape index (κ2) is 8.23. The maximum Gasteiger partial charge on any atom is 0.218 e. The third-order valence-electron chi connectivity index (χ3n) is 8.84. The lowest BCUT2D eigenvalue weighted by molar-refractivity contribution is -0.818. The number of nitrogens with zero attached hydrogens (tertiary/aromatic N) is 3. The van der Waals surface area contributed by atoms with Crippen LogP contribution in [0, 0.1) is 22.7 Å². The molecule has 5 nitrogen and oxygen atoms in total. The summed E-state index contributed by atoms with van der Waals surface area (Å²) in [5.74, 6) is 3.06. The Balaban J connectivity index is 1.42. The Bertz CT molecular complexity index is 873. The van der Waals surface area contributed by atoms with Crippen molar-refractivity contribution < 1.29 is 4.90 Å². The lowest BCUT2D eigenvalue weighted by Gasteiger charge is -2.58. The Hall–Kier alpha value is -1.88. The summed E-state index contributed by atoms with van der Waals surface area (Å²) in [5.41, 5.74) is 11.1. The molecular formula is C26H42N5+. The minimum absolute atomic E-state index is 0.422. The van der Waals surface area contributed by atoms with E-state index in [0.29, 0.717) is 22.6 Å². The van der Waals surface area contributed by atoms with E-state index < -0.39 is 0 Å². The average molecular weight is 425 g/mol. The molecule has 2 fully saturated rings. The summed E-state index contributed by atoms with van der Waals surface area (Å²) >= 11 is 0. The van der Waals surface area contributed by atoms with Gasteiger partial charge in [0.15, 0.2) is 12.5 Å². The number of aromatic nitrogens is 2. The van der Waals surface area contributed by atoms with Gasteiger partial charge in [-0.2, -0.15) is 0 Å². The van der Waals surface area contributed by atoms with Crippen LogP contribution in [0.3, 0.4) is 0 Å². The summed E-state index contributed by atoms with van der Waals surface area (Å²) in [4.78, 5) is 12.1. The average Bonchev–Trinajstić information content (AvgIpc) is 3.02. The Morgan fingerprint density at radius 1 is 1.32 bits per heavy atom. The molecular weight excluding hydrogens is 382 g/mol. The number of nitrogens with two attached hydrogens (primary N) is 1. The molecule has 3 N–H and O–H groups in total. The zero-order valence-corrected chi connectivity index (χ0v) is 20.3. The van der Waals surface area contributed by atoms with E-state index in [1.54, 1.807) is 6.33 Å². The van der Waals surface area contributed by atoms with Crippen LogP contribution in [0.25, 0.3) is 0 Å². The molecule has 0 aromatic carbocycles. The van der Waals surface area contributed by atoms with Crippen LogP contribution in [0.15, 0.2) is 30.1 Å². The molecule has 0 radical (unpaired) electrons. The molecule has 0 spiro atoms. The minimum Gasteiger partial charge on any atom is -0.379 e. The number of quaternary nitrogens is 1. The van der Waals surface area contributed by atoms with Gasteiger partial charge in [0, 0.05) is 7.05 Å². The standard InChI is InChI=1S/C26H41N5/c1-18(12-15-31-17-30(6)24-22(31)23(27)28-16-29-24)8-10-20-19(2)9-11-21-25(3,4)13-7-14-26(20,21)5/h12,16,20-21H,2,7-11,13-15,17H2,1,3-6H3,(H2,27,28,29)/p+1. The number of nitrogens with one attached hydrogen (secondary N) is 1. The zero-order chi connectivity index (χ0) is 22.4. The Morgan fingerprint density at radius 2 is 2.10 bits per heavy atom. The molecule has 0 amide bonds. The number of allylic oxidation sites excluding steroid dienone is 2. The number of hydrogen-bond donors (Lipinski definition) is 2. The van der Waals surface area contributed by atoms with Crippen LogP contribution in [0.2, 0.25) is 0 Å². The summed E-state index contributed by atoms with van der Waals surface area (Å²) in [6, 6.07) is 0. The van der Waals surface area contributed by atoms with Crippen molar-refractivity contribution in [2.75, 3.05) is 30.9 Å². The van der Waals surface area contributed by atoms with Crippen molar-refractivity contribution in [3.05, 3.63) is 30.1 Å². The van der Waals surface area contributed by atoms with E-state index in [1.807, 2.05) is 0 Å². The molecule has 0 saturated heterocycles. The summed E-state index contributed by atoms with van der Waals surface area (Å²) in [6.07, 6.45) is 13.0. The van der Waals surface area contributed by atoms with Crippen molar-refractivity contribution in [2.24, 2.45) is 22.7 Å². The molecule has 1 aromatic rings. The van der Waals surface area contributed by atoms with Crippen LogP contribution in [0.1, 0.15) is 72.6 Å². The molecule has 2 aliphatic carbocycles. The van der Waals surface area contributed by atoms with Gasteiger partial charge in [0.25, 0.3) is 0 Å². The maximum absolute atomic E-state index is 6.17. The number of nitrogen functional groups attached to an aromatic ring is 1. The van der Waals surface area contributed by atoms with E-state index in [4.69, 9.17) is 5.73 Å². The Kier molecular flexibility index (Phi) is 5.93. The highest BCUT2D eigenvalue weighted by atomic mass is 15.4. The molecule has 4 atom stereocenters. The molecule has 1 aromatic heterocycles. The van der Waals surface area contributed by atoms with E-state index >= 15 is 0 Å². The van der Waals surface area contributed by atoms with Gasteiger partial charge in [0.05, 0.1) is 0 Å². The van der Waals surface area contributed by atoms with Gasteiger partial charge in [-0.25, -0.2) is 9.97 Å². The third-order valence-corrected chi connectivity index (χ3v) is 8.84. The molecule has 0 bridgehead atoms. The first-order valence-corrected chi connectivity index (χ1v) is 12.1. The summed E-state index contributed by atoms with van der Waals surface area (Å²) in [7, 11) is 2.08. The molecule has 5 heteroatoms. The molecule has 170 valence electrons. The minimum atomic E-state index is 0.422. The van der Waals surface area contributed by atoms with E-state index in [0.717, 1.165) is 37.1 Å². The van der Waals surface area contributed by atoms with E-state index in [9.17, 15) is 0 Å². The molecule has 1 aliphatic heterocycles. The predicted molar refractivity (Wildman–Crippen MR) is 129 cm³/mol. The number of fused-ring (bicyclic) bond motifs is 2. The lowest BCUT2D eigenvalue weighted by Crippen LogP contribution is -3.06. The summed E-state index contributed by atoms with van der Waals surface area (Å²) in [6.45, 7) is 16.3. The topological polar surface area (TPSA) is 59.5 Å². The maximum atomic E-state index is 6.17. The van der Waals surface area contributed by atoms with Crippen LogP contribution in [-0.2, 0) is 0 Å². The van der Waals surface area contributed by atoms with Gasteiger partial charge >= 0.3 is 0 Å². The first-order chi connectivity index (χ1) is 14.6. The molecule has 2 heterocycles. The Morgan fingerprint density at radius 3 is 2.87 bits per heavy atom. The predicted octanol–water partition coefficient (Wildman–Crippen LogP) is 4.51. The van der Waals surface area contributed by atoms with Gasteiger partial charge in [-0.15, -0.1) is 0 Å². The van der Waals surface area contributed by atoms with E-state index in [-0.39, 0.29) is 0 Å². The molecule has 31 heavy (non-hydrogen) atoms. The van der Waals surface area contributed by atoms with Gasteiger partial charge in [-0.3, -0.25) is 4.90 Å². The van der Waals surface area contributed by atoms with Crippen LogP contribution in [0.5, 0.6) is 0 Å². The van der Waals surface area contributed by atoms with E-state index in [1.165, 1.54) is 54.6 Å². The summed E-state index contributed by atoms with van der Waals surface area (Å²) < 4.78 is 0. The highest BCUT2D eigenvalue weighted by Gasteiger charge is 2.52. The van der Waals surface area contributed by atoms with Crippen molar-refractivity contribution in [3.63, 3.8) is 0 Å². The van der Waals surface area contributed by atoms with Crippen molar-refractivity contribution in [1.82, 2.24) is 9.97 Å². The zero-order valence-electron chi connectivity index (χ0n) is 20.3. The molecule has 4 unspecified atom stereocenters. The first kappa shape index (κ1) is 22.3. The second-order valence-corrected chi connectivity index (χ2v) is 11.4. The number of hydrogen-bond acceptors (Lipinski definition) is 4. The fourth-order valence-corrected chi connectivity index (χ4v) is 7.20. The van der Waals surface area contributed by atoms with Crippen molar-refractivity contribution in [3.8, 4) is 0 Å². The molecule has 4 rings (SSSR count). The monoisotopic (exact) mass is 424 g/mol. The fraction of sp³-hybridized carbons (Fsp3) is 0.692. The fourth-order valence-electron chi connectivity index (χ4n) is 7.20. The van der Waals surface area contributed by atoms with Crippen LogP contribution < -0.4 is 15.5 Å². The van der Waals surface area contributed by atoms with E-state index in [2.05, 4.69) is 62.3 Å². The number of rotatable bonds is 5. The largest absolute Gasteiger partial charge is 0.379 e. The van der Waals surface area contributed by atoms with Crippen LogP contribution in [0.4, 0.5) is 17.3 Å². The van der Waals surface area contributed by atoms with Crippen molar-refractivity contribution in [2.45, 2.75) is 72.6 Å². The first-order valence-electron chi connectivity index (χ1n) is 12.1. The van der Waals surface area contributed by atoms with Gasteiger partial charge in [0.1, 0.15) is 12.9 Å². The van der Waals surface area contributed by atoms with Crippen molar-refractivity contribution in [1.29, 1.82) is 0 Å². The van der Waals surface area contributed by atoms with Gasteiger partial charge in [-0.1, -0.05) is 44.9 Å². The normalized spacial score (nSPS) is 32.7. The highest BCUT2D eigenvalue weighted by molar-refractivity contribution is 5.69. The van der Waals surface area contributed by atoms with Gasteiger partial charge < -0.3 is 10.6 Å². The summed E-state index contributed by atoms with van der Waals surface area (Å²) in [5, 5.41) is 0. The lowest BCUT2D eigenvalue weighted by atomic mass is 9.47. The van der Waals surface area contributed by atoms with Crippen molar-refractivity contribution >= 4 is 17.3 Å². The number of anilines is 2. The van der Waals surface area contributed by atoms with Crippen LogP contribution in [-0.4, -0.2) is 30.2 Å². The molecule has 3 aliphatic rings. The molecule has 2 saturated carbocycles. The van der Waals surface area contributed by atoms with Gasteiger partial charge in [0.2, 0.25) is 11.5 Å². The third kappa shape index (κ3) is 4.02. The highest BCUT2D eigenvalue weighted by Crippen LogP contribution is 2.61.